The molecule has 5 rings (SSSR count). The summed E-state index contributed by atoms with van der Waals surface area (Å²) in [6.45, 7) is 0.0867. The SMILES string of the molecule is CS(=O)c1nccc(-c2c(-c3ccc(F)c(OCc4ccc(F)cc4)c3)nc3sccn23)n1. The topological polar surface area (TPSA) is 69.4 Å². The number of thiazole rings is 1. The number of aromatic nitrogens is 4. The van der Waals surface area contributed by atoms with Crippen LogP contribution in [0.4, 0.5) is 8.78 Å². The fraction of sp³-hybridized carbons (Fsp3) is 0.0870. The molecule has 2 aromatic carbocycles. The molecule has 0 amide bonds. The van der Waals surface area contributed by atoms with Crippen LogP contribution in [0.1, 0.15) is 5.56 Å². The Kier molecular flexibility index (Phi) is 5.69. The minimum absolute atomic E-state index is 0.0529. The number of rotatable bonds is 6. The molecule has 1 atom stereocenters. The summed E-state index contributed by atoms with van der Waals surface area (Å²) in [6, 6.07) is 12.1. The monoisotopic (exact) mass is 482 g/mol. The van der Waals surface area contributed by atoms with Gasteiger partial charge in [0, 0.05) is 29.6 Å². The zero-order valence-corrected chi connectivity index (χ0v) is 18.9. The molecule has 0 aliphatic carbocycles. The van der Waals surface area contributed by atoms with Crippen molar-refractivity contribution in [3.63, 3.8) is 0 Å². The predicted molar refractivity (Wildman–Crippen MR) is 123 cm³/mol. The van der Waals surface area contributed by atoms with Crippen LogP contribution in [0.3, 0.4) is 0 Å². The number of nitrogens with zero attached hydrogens (tertiary/aromatic N) is 4. The second-order valence-electron chi connectivity index (χ2n) is 7.10. The van der Waals surface area contributed by atoms with Gasteiger partial charge in [-0.15, -0.1) is 11.3 Å². The molecule has 0 saturated carbocycles. The average molecular weight is 483 g/mol. The molecule has 0 fully saturated rings. The quantitative estimate of drug-likeness (QED) is 0.315. The van der Waals surface area contributed by atoms with E-state index in [0.717, 1.165) is 4.96 Å². The third kappa shape index (κ3) is 4.27. The first-order chi connectivity index (χ1) is 16.0. The van der Waals surface area contributed by atoms with Crippen LogP contribution in [0.5, 0.6) is 5.75 Å². The van der Waals surface area contributed by atoms with E-state index in [0.29, 0.717) is 28.2 Å². The van der Waals surface area contributed by atoms with Crippen molar-refractivity contribution in [3.8, 4) is 28.4 Å². The Morgan fingerprint density at radius 2 is 1.91 bits per heavy atom. The summed E-state index contributed by atoms with van der Waals surface area (Å²) in [5, 5.41) is 2.11. The number of benzene rings is 2. The lowest BCUT2D eigenvalue weighted by Crippen LogP contribution is -2.00. The van der Waals surface area contributed by atoms with Gasteiger partial charge in [-0.05, 0) is 42.0 Å². The number of imidazole rings is 1. The lowest BCUT2D eigenvalue weighted by atomic mass is 10.1. The largest absolute Gasteiger partial charge is 0.486 e. The summed E-state index contributed by atoms with van der Waals surface area (Å²) in [4.78, 5) is 14.0. The van der Waals surface area contributed by atoms with Gasteiger partial charge in [0.15, 0.2) is 16.5 Å². The molecular weight excluding hydrogens is 466 g/mol. The van der Waals surface area contributed by atoms with Crippen molar-refractivity contribution in [1.29, 1.82) is 0 Å². The highest BCUT2D eigenvalue weighted by Crippen LogP contribution is 2.35. The fourth-order valence-corrected chi connectivity index (χ4v) is 4.50. The minimum atomic E-state index is -1.35. The zero-order valence-electron chi connectivity index (χ0n) is 17.2. The van der Waals surface area contributed by atoms with Gasteiger partial charge in [0.2, 0.25) is 5.16 Å². The first-order valence-electron chi connectivity index (χ1n) is 9.79. The van der Waals surface area contributed by atoms with E-state index in [4.69, 9.17) is 9.72 Å². The van der Waals surface area contributed by atoms with Crippen LogP contribution >= 0.6 is 11.3 Å². The molecule has 0 saturated heterocycles. The number of ether oxygens (including phenoxy) is 1. The van der Waals surface area contributed by atoms with Gasteiger partial charge in [-0.3, -0.25) is 8.61 Å². The Labute approximate surface area is 194 Å². The summed E-state index contributed by atoms with van der Waals surface area (Å²) in [6.07, 6.45) is 4.93. The molecule has 3 heterocycles. The van der Waals surface area contributed by atoms with Gasteiger partial charge >= 0.3 is 0 Å². The molecule has 0 radical (unpaired) electrons. The number of hydrogen-bond acceptors (Lipinski definition) is 6. The molecule has 166 valence electrons. The van der Waals surface area contributed by atoms with Crippen molar-refractivity contribution in [1.82, 2.24) is 19.4 Å². The van der Waals surface area contributed by atoms with Crippen LogP contribution in [0.2, 0.25) is 0 Å². The van der Waals surface area contributed by atoms with Crippen LogP contribution in [0.25, 0.3) is 27.6 Å². The molecule has 0 spiro atoms. The van der Waals surface area contributed by atoms with Crippen LogP contribution in [-0.4, -0.2) is 29.8 Å². The van der Waals surface area contributed by atoms with E-state index in [-0.39, 0.29) is 23.3 Å². The molecule has 10 heteroatoms. The Morgan fingerprint density at radius 1 is 1.09 bits per heavy atom. The maximum Gasteiger partial charge on any atom is 0.218 e. The van der Waals surface area contributed by atoms with E-state index in [1.807, 2.05) is 16.0 Å². The van der Waals surface area contributed by atoms with Crippen LogP contribution in [0.15, 0.2) is 71.5 Å². The zero-order chi connectivity index (χ0) is 22.9. The Morgan fingerprint density at radius 3 is 2.70 bits per heavy atom. The Balaban J connectivity index is 1.56. The van der Waals surface area contributed by atoms with Crippen molar-refractivity contribution in [2.45, 2.75) is 11.8 Å². The van der Waals surface area contributed by atoms with E-state index in [1.165, 1.54) is 35.8 Å². The number of halogens is 2. The lowest BCUT2D eigenvalue weighted by Gasteiger charge is -2.10. The number of fused-ring (bicyclic) bond motifs is 1. The average Bonchev–Trinajstić information content (AvgIpc) is 3.41. The first kappa shape index (κ1) is 21.4. The maximum atomic E-state index is 14.5. The van der Waals surface area contributed by atoms with Gasteiger partial charge in [0.05, 0.1) is 22.2 Å². The van der Waals surface area contributed by atoms with Gasteiger partial charge in [-0.25, -0.2) is 23.7 Å². The van der Waals surface area contributed by atoms with Gasteiger partial charge in [-0.1, -0.05) is 12.1 Å². The molecule has 0 N–H and O–H groups in total. The van der Waals surface area contributed by atoms with Gasteiger partial charge in [0.1, 0.15) is 18.1 Å². The fourth-order valence-electron chi connectivity index (χ4n) is 3.35. The third-order valence-electron chi connectivity index (χ3n) is 4.91. The highest BCUT2D eigenvalue weighted by molar-refractivity contribution is 7.84. The number of hydrogen-bond donors (Lipinski definition) is 0. The molecule has 0 aliphatic heterocycles. The molecule has 0 aliphatic rings. The van der Waals surface area contributed by atoms with Crippen molar-refractivity contribution in [2.75, 3.05) is 6.26 Å². The van der Waals surface area contributed by atoms with Crippen LogP contribution in [-0.2, 0) is 17.4 Å². The second kappa shape index (κ2) is 8.80. The van der Waals surface area contributed by atoms with Crippen LogP contribution < -0.4 is 4.74 Å². The predicted octanol–water partition coefficient (Wildman–Crippen LogP) is 5.11. The Bertz CT molecular complexity index is 1480. The molecule has 1 unspecified atom stereocenters. The third-order valence-corrected chi connectivity index (χ3v) is 6.38. The molecule has 5 aromatic rings. The van der Waals surface area contributed by atoms with Crippen molar-refractivity contribution < 1.29 is 17.7 Å². The van der Waals surface area contributed by atoms with Gasteiger partial charge in [0.25, 0.3) is 0 Å². The molecule has 3 aromatic heterocycles. The summed E-state index contributed by atoms with van der Waals surface area (Å²) in [7, 11) is -1.35. The summed E-state index contributed by atoms with van der Waals surface area (Å²) < 4.78 is 47.1. The second-order valence-corrected chi connectivity index (χ2v) is 9.25. The standard InChI is InChI=1S/C23H16F2N4O2S2/c1-33(30)22-26-9-8-18(27-22)21-20(28-23-29(21)10-11-32-23)15-4-7-17(25)19(12-15)31-13-14-2-5-16(24)6-3-14/h2-12H,13H2,1H3. The van der Waals surface area contributed by atoms with E-state index in [1.54, 1.807) is 36.5 Å². The van der Waals surface area contributed by atoms with Gasteiger partial charge < -0.3 is 4.74 Å². The van der Waals surface area contributed by atoms with Crippen LogP contribution in [0, 0.1) is 11.6 Å². The highest BCUT2D eigenvalue weighted by Gasteiger charge is 2.20. The van der Waals surface area contributed by atoms with Crippen molar-refractivity contribution in [3.05, 3.63) is 83.5 Å². The smallest absolute Gasteiger partial charge is 0.218 e. The van der Waals surface area contributed by atoms with Crippen molar-refractivity contribution >= 4 is 27.1 Å². The highest BCUT2D eigenvalue weighted by atomic mass is 32.2. The van der Waals surface area contributed by atoms with Crippen molar-refractivity contribution in [2.24, 2.45) is 0 Å². The molecule has 6 nitrogen and oxygen atoms in total. The lowest BCUT2D eigenvalue weighted by molar-refractivity contribution is 0.290. The summed E-state index contributed by atoms with van der Waals surface area (Å²) in [5.41, 5.74) is 3.16. The summed E-state index contributed by atoms with van der Waals surface area (Å²) in [5.74, 6) is -0.815. The van der Waals surface area contributed by atoms with E-state index in [9.17, 15) is 13.0 Å². The normalized spacial score (nSPS) is 12.2. The van der Waals surface area contributed by atoms with E-state index < -0.39 is 16.6 Å². The first-order valence-corrected chi connectivity index (χ1v) is 12.2. The maximum absolute atomic E-state index is 14.5. The van der Waals surface area contributed by atoms with Gasteiger partial charge in [-0.2, -0.15) is 0 Å². The minimum Gasteiger partial charge on any atom is -0.486 e. The van der Waals surface area contributed by atoms with E-state index in [2.05, 4.69) is 9.97 Å². The summed E-state index contributed by atoms with van der Waals surface area (Å²) >= 11 is 1.45. The van der Waals surface area contributed by atoms with E-state index >= 15 is 0 Å². The Hall–Kier alpha value is -3.50. The molecular formula is C23H16F2N4O2S2. The molecule has 33 heavy (non-hydrogen) atoms. The molecule has 0 bridgehead atoms.